The molecule has 0 aliphatic carbocycles. The average molecular weight is 243 g/mol. The zero-order valence-electron chi connectivity index (χ0n) is 8.43. The lowest BCUT2D eigenvalue weighted by Crippen LogP contribution is -2.10. The van der Waals surface area contributed by atoms with Crippen molar-refractivity contribution in [1.82, 2.24) is 4.57 Å². The van der Waals surface area contributed by atoms with E-state index in [4.69, 9.17) is 28.9 Å². The third kappa shape index (κ3) is 1.73. The van der Waals surface area contributed by atoms with Crippen LogP contribution in [0.5, 0.6) is 0 Å². The van der Waals surface area contributed by atoms with Gasteiger partial charge in [-0.1, -0.05) is 29.3 Å². The molecule has 1 heterocycles. The van der Waals surface area contributed by atoms with E-state index in [0.717, 1.165) is 23.1 Å². The Hall–Kier alpha value is -0.700. The predicted molar refractivity (Wildman–Crippen MR) is 65.7 cm³/mol. The molecule has 2 nitrogen and oxygen atoms in total. The quantitative estimate of drug-likeness (QED) is 0.862. The molecular formula is C11H12Cl2N2. The van der Waals surface area contributed by atoms with Gasteiger partial charge in [-0.2, -0.15) is 0 Å². The maximum Gasteiger partial charge on any atom is 0.0835 e. The van der Waals surface area contributed by atoms with Gasteiger partial charge in [-0.25, -0.2) is 0 Å². The predicted octanol–water partition coefficient (Wildman–Crippen LogP) is 3.22. The molecule has 0 saturated heterocycles. The maximum atomic E-state index is 6.19. The number of hydrogen-bond acceptors (Lipinski definition) is 1. The first-order valence-corrected chi connectivity index (χ1v) is 5.54. The second kappa shape index (κ2) is 4.05. The number of aromatic nitrogens is 1. The number of rotatable bonds is 2. The number of benzene rings is 1. The number of nitrogens with two attached hydrogens (primary N) is 1. The van der Waals surface area contributed by atoms with Crippen molar-refractivity contribution in [1.29, 1.82) is 0 Å². The number of hydrogen-bond donors (Lipinski definition) is 1. The smallest absolute Gasteiger partial charge is 0.0835 e. The molecule has 15 heavy (non-hydrogen) atoms. The Morgan fingerprint density at radius 1 is 1.33 bits per heavy atom. The SMILES string of the molecule is Cc1cc2ccc(Cl)c(Cl)c2n1CCN. The van der Waals surface area contributed by atoms with Crippen LogP contribution in [-0.4, -0.2) is 11.1 Å². The molecule has 1 aromatic heterocycles. The van der Waals surface area contributed by atoms with Crippen molar-refractivity contribution in [3.8, 4) is 0 Å². The molecule has 2 N–H and O–H groups in total. The lowest BCUT2D eigenvalue weighted by molar-refractivity contribution is 0.715. The van der Waals surface area contributed by atoms with E-state index in [2.05, 4.69) is 10.6 Å². The molecule has 0 aliphatic rings. The van der Waals surface area contributed by atoms with Crippen LogP contribution in [0.15, 0.2) is 18.2 Å². The van der Waals surface area contributed by atoms with Gasteiger partial charge in [-0.15, -0.1) is 0 Å². The highest BCUT2D eigenvalue weighted by Gasteiger charge is 2.10. The summed E-state index contributed by atoms with van der Waals surface area (Å²) in [5, 5.41) is 2.30. The lowest BCUT2D eigenvalue weighted by Gasteiger charge is -2.07. The van der Waals surface area contributed by atoms with Gasteiger partial charge in [0.05, 0.1) is 15.6 Å². The molecule has 0 atom stereocenters. The summed E-state index contributed by atoms with van der Waals surface area (Å²) >= 11 is 12.2. The fourth-order valence-corrected chi connectivity index (χ4v) is 2.27. The first-order chi connectivity index (χ1) is 7.15. The zero-order valence-corrected chi connectivity index (χ0v) is 9.94. The molecular weight excluding hydrogens is 231 g/mol. The molecule has 0 aliphatic heterocycles. The van der Waals surface area contributed by atoms with Crippen LogP contribution < -0.4 is 5.73 Å². The highest BCUT2D eigenvalue weighted by Crippen LogP contribution is 2.32. The summed E-state index contributed by atoms with van der Waals surface area (Å²) in [5.74, 6) is 0. The van der Waals surface area contributed by atoms with Gasteiger partial charge in [0.1, 0.15) is 0 Å². The molecule has 0 fully saturated rings. The van der Waals surface area contributed by atoms with Gasteiger partial charge >= 0.3 is 0 Å². The lowest BCUT2D eigenvalue weighted by atomic mass is 10.2. The Bertz CT molecular complexity index is 503. The minimum atomic E-state index is 0.584. The molecule has 0 amide bonds. The van der Waals surface area contributed by atoms with Crippen molar-refractivity contribution in [2.45, 2.75) is 13.5 Å². The number of aryl methyl sites for hydroxylation is 1. The normalized spacial score (nSPS) is 11.2. The van der Waals surface area contributed by atoms with E-state index < -0.39 is 0 Å². The molecule has 4 heteroatoms. The van der Waals surface area contributed by atoms with Crippen LogP contribution in [-0.2, 0) is 6.54 Å². The van der Waals surface area contributed by atoms with Gasteiger partial charge in [0.25, 0.3) is 0 Å². The summed E-state index contributed by atoms with van der Waals surface area (Å²) in [6, 6.07) is 5.88. The summed E-state index contributed by atoms with van der Waals surface area (Å²) in [6.07, 6.45) is 0. The topological polar surface area (TPSA) is 30.9 Å². The minimum absolute atomic E-state index is 0.584. The van der Waals surface area contributed by atoms with Gasteiger partial charge in [0, 0.05) is 24.2 Å². The molecule has 2 rings (SSSR count). The van der Waals surface area contributed by atoms with E-state index in [1.165, 1.54) is 0 Å². The summed E-state index contributed by atoms with van der Waals surface area (Å²) in [7, 11) is 0. The van der Waals surface area contributed by atoms with Gasteiger partial charge in [-0.05, 0) is 19.1 Å². The standard InChI is InChI=1S/C11H12Cl2N2/c1-7-6-8-2-3-9(12)10(13)11(8)15(7)5-4-14/h2-3,6H,4-5,14H2,1H3. The number of fused-ring (bicyclic) bond motifs is 1. The third-order valence-corrected chi connectivity index (χ3v) is 3.31. The fraction of sp³-hybridized carbons (Fsp3) is 0.273. The molecule has 0 saturated carbocycles. The first kappa shape index (κ1) is 10.8. The van der Waals surface area contributed by atoms with Crippen molar-refractivity contribution in [3.05, 3.63) is 33.9 Å². The van der Waals surface area contributed by atoms with Crippen LogP contribution in [0.1, 0.15) is 5.69 Å². The highest BCUT2D eigenvalue weighted by molar-refractivity contribution is 6.45. The van der Waals surface area contributed by atoms with E-state index >= 15 is 0 Å². The summed E-state index contributed by atoms with van der Waals surface area (Å²) in [4.78, 5) is 0. The number of halogens is 2. The summed E-state index contributed by atoms with van der Waals surface area (Å²) < 4.78 is 2.10. The van der Waals surface area contributed by atoms with Crippen molar-refractivity contribution < 1.29 is 0 Å². The maximum absolute atomic E-state index is 6.19. The second-order valence-electron chi connectivity index (χ2n) is 3.53. The van der Waals surface area contributed by atoms with Crippen LogP contribution in [0.4, 0.5) is 0 Å². The van der Waals surface area contributed by atoms with E-state index in [1.54, 1.807) is 0 Å². The van der Waals surface area contributed by atoms with Crippen LogP contribution in [0, 0.1) is 6.92 Å². The Labute approximate surface area is 98.6 Å². The van der Waals surface area contributed by atoms with Crippen LogP contribution in [0.3, 0.4) is 0 Å². The van der Waals surface area contributed by atoms with Gasteiger partial charge in [-0.3, -0.25) is 0 Å². The third-order valence-electron chi connectivity index (χ3n) is 2.51. The first-order valence-electron chi connectivity index (χ1n) is 4.79. The molecule has 0 spiro atoms. The van der Waals surface area contributed by atoms with E-state index in [-0.39, 0.29) is 0 Å². The molecule has 2 aromatic rings. The molecule has 0 unspecified atom stereocenters. The Morgan fingerprint density at radius 2 is 2.07 bits per heavy atom. The van der Waals surface area contributed by atoms with E-state index in [0.29, 0.717) is 16.6 Å². The van der Waals surface area contributed by atoms with E-state index in [9.17, 15) is 0 Å². The summed E-state index contributed by atoms with van der Waals surface area (Å²) in [5.41, 5.74) is 7.70. The Morgan fingerprint density at radius 3 is 2.73 bits per heavy atom. The Balaban J connectivity index is 2.77. The minimum Gasteiger partial charge on any atom is -0.342 e. The highest BCUT2D eigenvalue weighted by atomic mass is 35.5. The molecule has 0 radical (unpaired) electrons. The van der Waals surface area contributed by atoms with E-state index in [1.807, 2.05) is 19.1 Å². The second-order valence-corrected chi connectivity index (χ2v) is 4.31. The van der Waals surface area contributed by atoms with Crippen molar-refractivity contribution in [2.75, 3.05) is 6.54 Å². The molecule has 0 bridgehead atoms. The average Bonchev–Trinajstić information content (AvgIpc) is 2.51. The van der Waals surface area contributed by atoms with Crippen LogP contribution in [0.2, 0.25) is 10.0 Å². The molecule has 80 valence electrons. The van der Waals surface area contributed by atoms with Crippen LogP contribution >= 0.6 is 23.2 Å². The molecule has 1 aromatic carbocycles. The number of nitrogens with zero attached hydrogens (tertiary/aromatic N) is 1. The monoisotopic (exact) mass is 242 g/mol. The summed E-state index contributed by atoms with van der Waals surface area (Å²) in [6.45, 7) is 3.39. The van der Waals surface area contributed by atoms with Crippen molar-refractivity contribution in [2.24, 2.45) is 5.73 Å². The van der Waals surface area contributed by atoms with Crippen molar-refractivity contribution >= 4 is 34.1 Å². The Kier molecular flexibility index (Phi) is 2.91. The van der Waals surface area contributed by atoms with Crippen molar-refractivity contribution in [3.63, 3.8) is 0 Å². The van der Waals surface area contributed by atoms with Gasteiger partial charge in [0.15, 0.2) is 0 Å². The fourth-order valence-electron chi connectivity index (χ4n) is 1.84. The zero-order chi connectivity index (χ0) is 11.0. The van der Waals surface area contributed by atoms with Gasteiger partial charge < -0.3 is 10.3 Å². The van der Waals surface area contributed by atoms with Crippen LogP contribution in [0.25, 0.3) is 10.9 Å². The van der Waals surface area contributed by atoms with Gasteiger partial charge in [0.2, 0.25) is 0 Å². The largest absolute Gasteiger partial charge is 0.342 e.